The van der Waals surface area contributed by atoms with E-state index in [1.165, 1.54) is 11.8 Å². The summed E-state index contributed by atoms with van der Waals surface area (Å²) in [5.41, 5.74) is 3.53. The van der Waals surface area contributed by atoms with Gasteiger partial charge in [-0.25, -0.2) is 4.99 Å². The summed E-state index contributed by atoms with van der Waals surface area (Å²) in [4.78, 5) is 38.0. The first kappa shape index (κ1) is 26.3. The Bertz CT molecular complexity index is 1320. The second-order valence-corrected chi connectivity index (χ2v) is 10.8. The number of methoxy groups -OCH3 is 1. The zero-order valence-electron chi connectivity index (χ0n) is 21.6. The second kappa shape index (κ2) is 11.2. The number of piperazine rings is 1. The number of nitrogens with zero attached hydrogens (tertiary/aromatic N) is 4. The van der Waals surface area contributed by atoms with Crippen LogP contribution >= 0.6 is 23.4 Å². The minimum atomic E-state index is -0.459. The lowest BCUT2D eigenvalue weighted by molar-refractivity contribution is -0.132. The number of likely N-dealkylation sites (N-methyl/N-ethyl adjacent to an activating group) is 1. The standard InChI is InChI=1S/C28H30ClN5O3S/c1-18-25(27(36)31-21-8-10-23(37-3)11-9-21)26(19-4-6-20(29)7-5-19)34-22(17-38-28(34)30-18)16-24(35)33-14-12-32(2)13-15-33/h4-11,17,26H,12-16H2,1-3H3,(H,31,36). The van der Waals surface area contributed by atoms with E-state index < -0.39 is 6.04 Å². The highest BCUT2D eigenvalue weighted by atomic mass is 35.5. The van der Waals surface area contributed by atoms with Gasteiger partial charge in [-0.15, -0.1) is 0 Å². The lowest BCUT2D eigenvalue weighted by Crippen LogP contribution is -2.47. The summed E-state index contributed by atoms with van der Waals surface area (Å²) in [6.45, 7) is 5.00. The van der Waals surface area contributed by atoms with Gasteiger partial charge in [0.05, 0.1) is 30.8 Å². The van der Waals surface area contributed by atoms with E-state index >= 15 is 0 Å². The number of anilines is 1. The zero-order valence-corrected chi connectivity index (χ0v) is 23.2. The van der Waals surface area contributed by atoms with Gasteiger partial charge in [0.2, 0.25) is 5.91 Å². The van der Waals surface area contributed by atoms with Crippen LogP contribution in [0.3, 0.4) is 0 Å². The Hall–Kier alpha value is -3.27. The number of carbonyl (C=O) groups excluding carboxylic acids is 2. The van der Waals surface area contributed by atoms with Crippen molar-refractivity contribution < 1.29 is 14.3 Å². The molecule has 1 atom stereocenters. The number of halogens is 1. The zero-order chi connectivity index (χ0) is 26.8. The minimum absolute atomic E-state index is 0.0802. The Labute approximate surface area is 232 Å². The van der Waals surface area contributed by atoms with Crippen molar-refractivity contribution in [2.45, 2.75) is 19.4 Å². The van der Waals surface area contributed by atoms with Gasteiger partial charge in [-0.2, -0.15) is 0 Å². The minimum Gasteiger partial charge on any atom is -0.497 e. The number of amides is 2. The molecule has 10 heteroatoms. The van der Waals surface area contributed by atoms with Crippen molar-refractivity contribution >= 4 is 46.0 Å². The number of amidine groups is 1. The summed E-state index contributed by atoms with van der Waals surface area (Å²) in [6.07, 6.45) is 0.242. The van der Waals surface area contributed by atoms with Crippen LogP contribution in [0.4, 0.5) is 5.69 Å². The number of ether oxygens (including phenoxy) is 1. The van der Waals surface area contributed by atoms with Crippen LogP contribution in [0.2, 0.25) is 5.02 Å². The molecule has 1 N–H and O–H groups in total. The van der Waals surface area contributed by atoms with Crippen molar-refractivity contribution in [2.24, 2.45) is 4.99 Å². The molecule has 3 heterocycles. The lowest BCUT2D eigenvalue weighted by atomic mass is 9.93. The average molecular weight is 552 g/mol. The van der Waals surface area contributed by atoms with Crippen molar-refractivity contribution in [1.29, 1.82) is 0 Å². The summed E-state index contributed by atoms with van der Waals surface area (Å²) < 4.78 is 5.23. The van der Waals surface area contributed by atoms with Gasteiger partial charge in [0, 0.05) is 42.6 Å². The van der Waals surface area contributed by atoms with Crippen LogP contribution < -0.4 is 10.1 Å². The molecule has 0 aliphatic carbocycles. The van der Waals surface area contributed by atoms with Gasteiger partial charge in [-0.1, -0.05) is 35.5 Å². The molecule has 0 aromatic heterocycles. The molecule has 8 nitrogen and oxygen atoms in total. The number of carbonyl (C=O) groups is 2. The third kappa shape index (κ3) is 5.45. The van der Waals surface area contributed by atoms with E-state index in [-0.39, 0.29) is 18.2 Å². The van der Waals surface area contributed by atoms with Crippen LogP contribution in [0.1, 0.15) is 24.9 Å². The molecule has 0 saturated carbocycles. The number of rotatable bonds is 6. The molecule has 2 amide bonds. The van der Waals surface area contributed by atoms with Gasteiger partial charge in [0.15, 0.2) is 5.17 Å². The molecule has 1 saturated heterocycles. The normalized spacial score (nSPS) is 19.6. The van der Waals surface area contributed by atoms with Crippen LogP contribution in [-0.4, -0.2) is 72.0 Å². The first-order chi connectivity index (χ1) is 18.3. The molecule has 5 rings (SSSR count). The third-order valence-corrected chi connectivity index (χ3v) is 8.11. The Morgan fingerprint density at radius 3 is 2.42 bits per heavy atom. The molecule has 2 aromatic carbocycles. The molecular formula is C28H30ClN5O3S. The highest BCUT2D eigenvalue weighted by molar-refractivity contribution is 8.16. The monoisotopic (exact) mass is 551 g/mol. The van der Waals surface area contributed by atoms with Crippen LogP contribution in [0.25, 0.3) is 0 Å². The fourth-order valence-electron chi connectivity index (χ4n) is 4.82. The molecule has 1 unspecified atom stereocenters. The van der Waals surface area contributed by atoms with E-state index in [9.17, 15) is 9.59 Å². The fraction of sp³-hybridized carbons (Fsp3) is 0.321. The van der Waals surface area contributed by atoms with Gasteiger partial charge in [0.25, 0.3) is 5.91 Å². The number of aliphatic imine (C=N–C) groups is 1. The summed E-state index contributed by atoms with van der Waals surface area (Å²) in [7, 11) is 3.67. The Morgan fingerprint density at radius 1 is 1.08 bits per heavy atom. The van der Waals surface area contributed by atoms with E-state index in [1.54, 1.807) is 31.4 Å². The summed E-state index contributed by atoms with van der Waals surface area (Å²) in [5.74, 6) is 0.534. The van der Waals surface area contributed by atoms with Crippen LogP contribution in [-0.2, 0) is 9.59 Å². The van der Waals surface area contributed by atoms with Gasteiger partial charge in [0.1, 0.15) is 5.75 Å². The molecule has 38 heavy (non-hydrogen) atoms. The second-order valence-electron chi connectivity index (χ2n) is 9.49. The van der Waals surface area contributed by atoms with Crippen LogP contribution in [0, 0.1) is 0 Å². The highest BCUT2D eigenvalue weighted by Gasteiger charge is 2.41. The van der Waals surface area contributed by atoms with Gasteiger partial charge in [-0.3, -0.25) is 9.59 Å². The quantitative estimate of drug-likeness (QED) is 0.559. The summed E-state index contributed by atoms with van der Waals surface area (Å²) >= 11 is 7.69. The van der Waals surface area contributed by atoms with Crippen molar-refractivity contribution in [3.05, 3.63) is 81.5 Å². The van der Waals surface area contributed by atoms with Crippen LogP contribution in [0.15, 0.2) is 75.9 Å². The maximum atomic E-state index is 13.8. The Morgan fingerprint density at radius 2 is 1.76 bits per heavy atom. The van der Waals surface area contributed by atoms with E-state index in [2.05, 4.69) is 17.3 Å². The SMILES string of the molecule is COc1ccc(NC(=O)C2=C(C)N=C3SC=C(CC(=O)N4CCN(C)CC4)N3C2c2ccc(Cl)cc2)cc1. The van der Waals surface area contributed by atoms with E-state index in [0.717, 1.165) is 29.5 Å². The van der Waals surface area contributed by atoms with Gasteiger partial charge in [-0.05, 0) is 61.3 Å². The number of thioether (sulfide) groups is 1. The van der Waals surface area contributed by atoms with Crippen molar-refractivity contribution in [2.75, 3.05) is 45.7 Å². The topological polar surface area (TPSA) is 77.5 Å². The van der Waals surface area contributed by atoms with E-state index in [0.29, 0.717) is 40.8 Å². The molecule has 2 aromatic rings. The lowest BCUT2D eigenvalue weighted by Gasteiger charge is -2.37. The van der Waals surface area contributed by atoms with E-state index in [4.69, 9.17) is 21.3 Å². The average Bonchev–Trinajstić information content (AvgIpc) is 3.30. The predicted molar refractivity (Wildman–Crippen MR) is 152 cm³/mol. The maximum absolute atomic E-state index is 13.8. The Kier molecular flexibility index (Phi) is 7.78. The Balaban J connectivity index is 1.45. The number of hydrogen-bond donors (Lipinski definition) is 1. The molecular weight excluding hydrogens is 522 g/mol. The molecule has 1 fully saturated rings. The fourth-order valence-corrected chi connectivity index (χ4v) is 5.91. The first-order valence-corrected chi connectivity index (χ1v) is 13.7. The molecule has 3 aliphatic rings. The predicted octanol–water partition coefficient (Wildman–Crippen LogP) is 4.73. The number of allylic oxidation sites excluding steroid dienone is 1. The number of fused-ring (bicyclic) bond motifs is 1. The van der Waals surface area contributed by atoms with Crippen molar-refractivity contribution in [1.82, 2.24) is 14.7 Å². The molecule has 0 bridgehead atoms. The third-order valence-electron chi connectivity index (χ3n) is 6.97. The first-order valence-electron chi connectivity index (χ1n) is 12.5. The van der Waals surface area contributed by atoms with Crippen LogP contribution in [0.5, 0.6) is 5.75 Å². The highest BCUT2D eigenvalue weighted by Crippen LogP contribution is 2.45. The number of hydrogen-bond acceptors (Lipinski definition) is 7. The summed E-state index contributed by atoms with van der Waals surface area (Å²) in [6, 6.07) is 14.2. The van der Waals surface area contributed by atoms with E-state index in [1.807, 2.05) is 46.4 Å². The number of benzene rings is 2. The molecule has 0 spiro atoms. The van der Waals surface area contributed by atoms with Crippen molar-refractivity contribution in [3.8, 4) is 5.75 Å². The largest absolute Gasteiger partial charge is 0.497 e. The summed E-state index contributed by atoms with van der Waals surface area (Å²) in [5, 5.41) is 6.36. The molecule has 198 valence electrons. The van der Waals surface area contributed by atoms with Crippen molar-refractivity contribution in [3.63, 3.8) is 0 Å². The van der Waals surface area contributed by atoms with Gasteiger partial charge >= 0.3 is 0 Å². The number of nitrogens with one attached hydrogen (secondary N) is 1. The molecule has 3 aliphatic heterocycles. The van der Waals surface area contributed by atoms with Gasteiger partial charge < -0.3 is 24.8 Å². The smallest absolute Gasteiger partial charge is 0.255 e. The maximum Gasteiger partial charge on any atom is 0.255 e. The molecule has 0 radical (unpaired) electrons.